The maximum atomic E-state index is 14.4. The van der Waals surface area contributed by atoms with Crippen molar-refractivity contribution in [2.75, 3.05) is 103 Å². The molecule has 3 aromatic heterocycles. The summed E-state index contributed by atoms with van der Waals surface area (Å²) in [6, 6.07) is 21.7. The molecular weight excluding hydrogens is 1260 g/mol. The van der Waals surface area contributed by atoms with Crippen molar-refractivity contribution in [3.8, 4) is 0 Å². The highest BCUT2D eigenvalue weighted by atomic mass is 19.3. The minimum atomic E-state index is -3.21. The molecule has 95 heavy (non-hydrogen) atoms. The second kappa shape index (κ2) is 40.2. The number of oxime groups is 1. The molecule has 0 aliphatic rings. The van der Waals surface area contributed by atoms with Crippen LogP contribution in [0, 0.1) is 20.8 Å². The Bertz CT molecular complexity index is 3640. The summed E-state index contributed by atoms with van der Waals surface area (Å²) in [6.45, 7) is 2.48. The Morgan fingerprint density at radius 3 is 1.17 bits per heavy atom. The second-order valence-electron chi connectivity index (χ2n) is 19.5. The Hall–Kier alpha value is -10.8. The molecule has 0 aliphatic carbocycles. The number of amides is 2. The molecule has 0 radical (unpaired) electrons. The summed E-state index contributed by atoms with van der Waals surface area (Å²) < 4.78 is 88.8. The number of aromatic nitrogens is 6. The Morgan fingerprint density at radius 1 is 0.537 bits per heavy atom. The molecule has 3 heterocycles. The first kappa shape index (κ1) is 78.4. The molecule has 3 aromatic carbocycles. The molecule has 0 atom stereocenters. The zero-order chi connectivity index (χ0) is 70.6. The number of halogens is 6. The number of carboxylic acids is 1. The van der Waals surface area contributed by atoms with Gasteiger partial charge in [-0.25, -0.2) is 25.9 Å². The number of aliphatic imine (C=N–C) groups is 2. The number of guanidine groups is 3. The summed E-state index contributed by atoms with van der Waals surface area (Å²) in [5.41, 5.74) is 19.0. The predicted octanol–water partition coefficient (Wildman–Crippen LogP) is 1.19. The lowest BCUT2D eigenvalue weighted by molar-refractivity contribution is -0.137. The zero-order valence-corrected chi connectivity index (χ0v) is 53.0. The first-order chi connectivity index (χ1) is 45.1. The maximum Gasteiger partial charge on any atom is 0.323 e. The van der Waals surface area contributed by atoms with E-state index in [0.29, 0.717) is 42.2 Å². The van der Waals surface area contributed by atoms with Gasteiger partial charge in [-0.2, -0.15) is 26.3 Å². The number of hydrogen-bond acceptors (Lipinski definition) is 19. The van der Waals surface area contributed by atoms with Crippen LogP contribution < -0.4 is 82.1 Å². The first-order valence-electron chi connectivity index (χ1n) is 28.6. The Labute approximate surface area is 541 Å². The van der Waals surface area contributed by atoms with Crippen LogP contribution in [0.4, 0.5) is 43.8 Å². The fraction of sp³-hybridized carbons (Fsp3) is 0.379. The average molecular weight is 1340 g/mol. The summed E-state index contributed by atoms with van der Waals surface area (Å²) in [4.78, 5) is 106. The van der Waals surface area contributed by atoms with Crippen LogP contribution in [-0.2, 0) is 66.3 Å². The number of aliphatic carboxylic acids is 1. The lowest BCUT2D eigenvalue weighted by Gasteiger charge is -2.18. The first-order valence-corrected chi connectivity index (χ1v) is 28.6. The molecular formula is C58H79F6N21O10. The van der Waals surface area contributed by atoms with Gasteiger partial charge in [-0.3, -0.25) is 62.1 Å². The van der Waals surface area contributed by atoms with E-state index in [9.17, 15) is 55.1 Å². The van der Waals surface area contributed by atoms with E-state index in [2.05, 4.69) is 78.3 Å². The summed E-state index contributed by atoms with van der Waals surface area (Å²) in [5.74, 6) is -11.8. The number of nitrogens with two attached hydrogens (primary N) is 3. The highest BCUT2D eigenvalue weighted by molar-refractivity contribution is 5.79. The van der Waals surface area contributed by atoms with Crippen LogP contribution in [0.25, 0.3) is 0 Å². The summed E-state index contributed by atoms with van der Waals surface area (Å²) in [5, 5.41) is 29.8. The minimum Gasteiger partial charge on any atom is -0.480 e. The highest BCUT2D eigenvalue weighted by Crippen LogP contribution is 2.29. The van der Waals surface area contributed by atoms with Gasteiger partial charge in [-0.1, -0.05) is 91.0 Å². The molecule has 0 saturated carbocycles. The van der Waals surface area contributed by atoms with Crippen LogP contribution >= 0.6 is 0 Å². The fourth-order valence-electron chi connectivity index (χ4n) is 7.45. The largest absolute Gasteiger partial charge is 0.480 e. The summed E-state index contributed by atoms with van der Waals surface area (Å²) in [6.07, 6.45) is 3.92. The van der Waals surface area contributed by atoms with Gasteiger partial charge in [-0.05, 0) is 25.9 Å². The molecule has 0 spiro atoms. The predicted molar refractivity (Wildman–Crippen MR) is 344 cm³/mol. The van der Waals surface area contributed by atoms with Gasteiger partial charge in [0.2, 0.25) is 29.7 Å². The molecule has 0 unspecified atom stereocenters. The Balaban J connectivity index is 0.000000349. The number of benzene rings is 3. The van der Waals surface area contributed by atoms with E-state index < -0.39 is 78.4 Å². The van der Waals surface area contributed by atoms with E-state index >= 15 is 0 Å². The number of carboxylic acid groups (broad SMARTS) is 1. The number of hydrogen-bond donors (Lipinski definition) is 13. The van der Waals surface area contributed by atoms with Gasteiger partial charge in [0.05, 0.1) is 39.4 Å². The van der Waals surface area contributed by atoms with Crippen molar-refractivity contribution in [1.29, 1.82) is 0 Å². The van der Waals surface area contributed by atoms with Crippen molar-refractivity contribution in [3.05, 3.63) is 174 Å². The topological polar surface area (TPSA) is 427 Å². The number of aryl methyl sites for hydroxylation is 3. The number of rotatable bonds is 29. The van der Waals surface area contributed by atoms with Crippen molar-refractivity contribution in [1.82, 2.24) is 60.9 Å². The number of nitrogens with zero attached hydrogens (tertiary/aromatic N) is 9. The Kier molecular flexibility index (Phi) is 33.2. The van der Waals surface area contributed by atoms with Crippen LogP contribution in [0.15, 0.2) is 139 Å². The van der Waals surface area contributed by atoms with Crippen molar-refractivity contribution in [2.45, 2.75) is 58.2 Å². The number of alkyl halides is 6. The molecule has 16 N–H and O–H groups in total. The standard InChI is InChI=1S/C20H27F2N7O3.C18H23F2N7O3.C15H15F2N3O3.C5H14N4O/c1-14-11-26-17(27-13-20(21,22)15-7-5-4-6-8-15)18(31)29(14)12-16(30)25-9-10-32-28-19(23-2)24-3;1-12-9-24-15(25-11-18(19,20)13-5-3-2-4-6-13)16(29)27(12)10-14(28)23-7-8-30-26-17(21)22;1-10-7-18-13(14(23)20(10)8-12(21)22)19-9-15(16,17)11-5-3-2-4-6-11;1-7-5(8-2)9-10-4-3-6/h4-8,11H,9-10,12-13H2,1-3H3,(H,25,30)(H,26,27)(H2,23,24,28);2-6,9H,7-8,10-11H2,1H3,(H,23,28)(H,24,25)(H4,21,22,26);2-7H,8-9H2,1H3,(H,18,19)(H,21,22);3-4,6H2,1-2H3,(H2,7,8,9). The van der Waals surface area contributed by atoms with Gasteiger partial charge in [-0.15, -0.1) is 0 Å². The number of anilines is 3. The molecule has 2 amide bonds. The molecule has 6 aromatic rings. The monoisotopic (exact) mass is 1340 g/mol. The van der Waals surface area contributed by atoms with Gasteiger partial charge in [0.25, 0.3) is 34.4 Å². The quantitative estimate of drug-likeness (QED) is 0.0103. The third-order valence-electron chi connectivity index (χ3n) is 12.4. The van der Waals surface area contributed by atoms with Crippen LogP contribution in [-0.4, -0.2) is 157 Å². The van der Waals surface area contributed by atoms with Gasteiger partial charge in [0.1, 0.15) is 26.2 Å². The number of carbonyl (C=O) groups is 3. The third kappa shape index (κ3) is 27.5. The Morgan fingerprint density at radius 2 is 0.863 bits per heavy atom. The lowest BCUT2D eigenvalue weighted by Crippen LogP contribution is -2.39. The molecule has 37 heteroatoms. The molecule has 0 saturated heterocycles. The van der Waals surface area contributed by atoms with E-state index in [0.717, 1.165) is 13.7 Å². The van der Waals surface area contributed by atoms with E-state index in [-0.39, 0.29) is 79.5 Å². The van der Waals surface area contributed by atoms with E-state index in [1.807, 2.05) is 0 Å². The SMILES string of the molecule is CN=C(NC)NOCCN.CN=C(NC)NOCCNC(=O)Cn1c(C)cnc(NCC(F)(F)c2ccccc2)c1=O.Cc1cnc(NCC(F)(F)c2ccccc2)c(=O)n1CC(=O)NCCON=C(N)N.Cc1cnc(NCC(F)(F)c2ccccc2)c(=O)n1CC(=O)O. The molecule has 6 rings (SSSR count). The molecule has 0 fully saturated rings. The highest BCUT2D eigenvalue weighted by Gasteiger charge is 2.34. The van der Waals surface area contributed by atoms with Crippen molar-refractivity contribution in [3.63, 3.8) is 0 Å². The van der Waals surface area contributed by atoms with Crippen LogP contribution in [0.1, 0.15) is 33.8 Å². The lowest BCUT2D eigenvalue weighted by atomic mass is 10.1. The number of nitrogens with one attached hydrogen (secondary N) is 9. The molecule has 518 valence electrons. The normalized spacial score (nSPS) is 11.3. The average Bonchev–Trinajstić information content (AvgIpc) is 0.906. The van der Waals surface area contributed by atoms with Crippen LogP contribution in [0.5, 0.6) is 0 Å². The van der Waals surface area contributed by atoms with Crippen LogP contribution in [0.3, 0.4) is 0 Å². The number of hydroxylamine groups is 2. The second-order valence-corrected chi connectivity index (χ2v) is 19.5. The number of carbonyl (C=O) groups excluding carboxylic acids is 2. The van der Waals surface area contributed by atoms with Crippen molar-refractivity contribution < 1.29 is 60.3 Å². The summed E-state index contributed by atoms with van der Waals surface area (Å²) >= 11 is 0. The smallest absolute Gasteiger partial charge is 0.323 e. The molecule has 31 nitrogen and oxygen atoms in total. The molecule has 0 bridgehead atoms. The fourth-order valence-corrected chi connectivity index (χ4v) is 7.45. The van der Waals surface area contributed by atoms with E-state index in [4.69, 9.17) is 36.8 Å². The van der Waals surface area contributed by atoms with Crippen molar-refractivity contribution in [2.24, 2.45) is 32.3 Å². The van der Waals surface area contributed by atoms with Gasteiger partial charge < -0.3 is 64.4 Å². The van der Waals surface area contributed by atoms with E-state index in [1.54, 1.807) is 60.2 Å². The summed E-state index contributed by atoms with van der Waals surface area (Å²) in [7, 11) is 6.65. The minimum absolute atomic E-state index is 0.0231. The van der Waals surface area contributed by atoms with E-state index in [1.165, 1.54) is 98.3 Å². The molecule has 0 aliphatic heterocycles. The van der Waals surface area contributed by atoms with Gasteiger partial charge >= 0.3 is 5.97 Å². The maximum absolute atomic E-state index is 14.4. The zero-order valence-electron chi connectivity index (χ0n) is 53.0. The van der Waals surface area contributed by atoms with Crippen molar-refractivity contribution >= 4 is 53.1 Å². The third-order valence-corrected chi connectivity index (χ3v) is 12.4. The van der Waals surface area contributed by atoms with Crippen LogP contribution in [0.2, 0.25) is 0 Å². The van der Waals surface area contributed by atoms with Gasteiger partial charge in [0.15, 0.2) is 17.5 Å². The van der Waals surface area contributed by atoms with Gasteiger partial charge in [0, 0.05) is 93.6 Å².